The monoisotopic (exact) mass is 429 g/mol. The summed E-state index contributed by atoms with van der Waals surface area (Å²) in [5.74, 6) is -1.19. The number of nitrogens with one attached hydrogen (secondary N) is 1. The summed E-state index contributed by atoms with van der Waals surface area (Å²) in [4.78, 5) is 10.7. The Kier molecular flexibility index (Phi) is 4.84. The molecular formula is C11H6BrCl2NO4S2. The number of carbonyl (C=O) groups is 1. The van der Waals surface area contributed by atoms with Gasteiger partial charge in [-0.05, 0) is 40.2 Å². The number of thiophene rings is 1. The number of aromatic carboxylic acids is 1. The largest absolute Gasteiger partial charge is 0.477 e. The zero-order valence-corrected chi connectivity index (χ0v) is 14.7. The molecule has 1 aromatic heterocycles. The molecule has 0 unspecified atom stereocenters. The van der Waals surface area contributed by atoms with Crippen LogP contribution in [-0.2, 0) is 10.0 Å². The summed E-state index contributed by atoms with van der Waals surface area (Å²) in [6.07, 6.45) is 0. The Morgan fingerprint density at radius 2 is 1.86 bits per heavy atom. The number of carboxylic acids is 1. The van der Waals surface area contributed by atoms with Crippen molar-refractivity contribution in [1.82, 2.24) is 0 Å². The minimum absolute atomic E-state index is 0.0460. The van der Waals surface area contributed by atoms with Gasteiger partial charge in [-0.15, -0.1) is 11.3 Å². The van der Waals surface area contributed by atoms with Gasteiger partial charge in [0.25, 0.3) is 10.0 Å². The first-order valence-corrected chi connectivity index (χ1v) is 9.06. The minimum Gasteiger partial charge on any atom is -0.477 e. The number of benzene rings is 1. The van der Waals surface area contributed by atoms with Gasteiger partial charge in [0.15, 0.2) is 0 Å². The SMILES string of the molecule is O=C(O)c1ccc(S(=O)(=O)Nc2ccc(Br)c(Cl)c2Cl)s1. The molecule has 0 saturated carbocycles. The first-order valence-electron chi connectivity index (χ1n) is 5.22. The molecule has 1 aromatic carbocycles. The highest BCUT2D eigenvalue weighted by Gasteiger charge is 2.21. The fourth-order valence-electron chi connectivity index (χ4n) is 1.38. The average Bonchev–Trinajstić information content (AvgIpc) is 2.90. The third kappa shape index (κ3) is 3.51. The molecule has 2 rings (SSSR count). The Labute approximate surface area is 142 Å². The lowest BCUT2D eigenvalue weighted by Crippen LogP contribution is -2.11. The van der Waals surface area contributed by atoms with Crippen molar-refractivity contribution < 1.29 is 18.3 Å². The lowest BCUT2D eigenvalue weighted by molar-refractivity contribution is 0.0702. The van der Waals surface area contributed by atoms with E-state index in [0.717, 1.165) is 0 Å². The second-order valence-electron chi connectivity index (χ2n) is 3.75. The van der Waals surface area contributed by atoms with Crippen LogP contribution in [0, 0.1) is 0 Å². The molecule has 1 heterocycles. The van der Waals surface area contributed by atoms with Gasteiger partial charge in [0.2, 0.25) is 0 Å². The lowest BCUT2D eigenvalue weighted by atomic mass is 10.3. The van der Waals surface area contributed by atoms with E-state index in [2.05, 4.69) is 20.7 Å². The van der Waals surface area contributed by atoms with Gasteiger partial charge in [-0.3, -0.25) is 4.72 Å². The van der Waals surface area contributed by atoms with Gasteiger partial charge in [0.05, 0.1) is 15.7 Å². The molecule has 0 atom stereocenters. The number of rotatable bonds is 4. The number of halogens is 3. The minimum atomic E-state index is -3.93. The van der Waals surface area contributed by atoms with E-state index in [1.54, 1.807) is 6.07 Å². The molecule has 0 saturated heterocycles. The highest BCUT2D eigenvalue weighted by Crippen LogP contribution is 2.37. The molecule has 0 aliphatic carbocycles. The summed E-state index contributed by atoms with van der Waals surface area (Å²) >= 11 is 15.7. The van der Waals surface area contributed by atoms with Crippen LogP contribution in [0.5, 0.6) is 0 Å². The molecule has 2 aromatic rings. The van der Waals surface area contributed by atoms with Gasteiger partial charge in [-0.25, -0.2) is 13.2 Å². The third-order valence-corrected chi connectivity index (χ3v) is 7.04. The molecule has 0 spiro atoms. The second-order valence-corrected chi connectivity index (χ2v) is 8.36. The summed E-state index contributed by atoms with van der Waals surface area (Å²) in [6, 6.07) is 5.42. The van der Waals surface area contributed by atoms with Crippen LogP contribution in [0.25, 0.3) is 0 Å². The molecule has 2 N–H and O–H groups in total. The molecule has 10 heteroatoms. The normalized spacial score (nSPS) is 11.4. The Balaban J connectivity index is 2.37. The maximum Gasteiger partial charge on any atom is 0.345 e. The van der Waals surface area contributed by atoms with Gasteiger partial charge < -0.3 is 5.11 Å². The Morgan fingerprint density at radius 1 is 1.19 bits per heavy atom. The van der Waals surface area contributed by atoms with E-state index < -0.39 is 16.0 Å². The number of anilines is 1. The van der Waals surface area contributed by atoms with Crippen molar-refractivity contribution >= 4 is 72.1 Å². The molecular weight excluding hydrogens is 425 g/mol. The van der Waals surface area contributed by atoms with E-state index in [1.165, 1.54) is 18.2 Å². The van der Waals surface area contributed by atoms with Crippen LogP contribution in [0.4, 0.5) is 5.69 Å². The Hall–Kier alpha value is -0.800. The zero-order valence-electron chi connectivity index (χ0n) is 9.93. The van der Waals surface area contributed by atoms with E-state index in [9.17, 15) is 13.2 Å². The van der Waals surface area contributed by atoms with Crippen molar-refractivity contribution in [3.63, 3.8) is 0 Å². The quantitative estimate of drug-likeness (QED) is 0.707. The smallest absolute Gasteiger partial charge is 0.345 e. The summed E-state index contributed by atoms with van der Waals surface area (Å²) in [6.45, 7) is 0. The first kappa shape index (κ1) is 16.6. The maximum atomic E-state index is 12.2. The van der Waals surface area contributed by atoms with E-state index in [4.69, 9.17) is 28.3 Å². The van der Waals surface area contributed by atoms with Crippen LogP contribution >= 0.6 is 50.5 Å². The van der Waals surface area contributed by atoms with Gasteiger partial charge >= 0.3 is 5.97 Å². The molecule has 0 amide bonds. The van der Waals surface area contributed by atoms with Crippen LogP contribution in [0.15, 0.2) is 32.9 Å². The number of hydrogen-bond donors (Lipinski definition) is 2. The molecule has 0 bridgehead atoms. The number of hydrogen-bond acceptors (Lipinski definition) is 4. The van der Waals surface area contributed by atoms with E-state index in [0.29, 0.717) is 15.8 Å². The standard InChI is InChI=1S/C11H6BrCl2NO4S2/c12-5-1-2-6(10(14)9(5)13)15-21(18,19)8-4-3-7(20-8)11(16)17/h1-4,15H,(H,16,17). The van der Waals surface area contributed by atoms with E-state index in [-0.39, 0.29) is 24.8 Å². The summed E-state index contributed by atoms with van der Waals surface area (Å²) in [5, 5.41) is 9.04. The van der Waals surface area contributed by atoms with Gasteiger partial charge in [-0.2, -0.15) is 0 Å². The molecule has 0 radical (unpaired) electrons. The van der Waals surface area contributed by atoms with Crippen LogP contribution in [0.2, 0.25) is 10.0 Å². The predicted molar refractivity (Wildman–Crippen MR) is 86.2 cm³/mol. The van der Waals surface area contributed by atoms with Crippen molar-refractivity contribution in [3.8, 4) is 0 Å². The van der Waals surface area contributed by atoms with Crippen molar-refractivity contribution in [1.29, 1.82) is 0 Å². The van der Waals surface area contributed by atoms with Crippen molar-refractivity contribution in [2.45, 2.75) is 4.21 Å². The Bertz CT molecular complexity index is 820. The zero-order chi connectivity index (χ0) is 15.8. The first-order chi connectivity index (χ1) is 9.72. The van der Waals surface area contributed by atoms with Crippen molar-refractivity contribution in [3.05, 3.63) is 43.7 Å². The van der Waals surface area contributed by atoms with Crippen molar-refractivity contribution in [2.75, 3.05) is 4.72 Å². The second kappa shape index (κ2) is 6.13. The molecule has 112 valence electrons. The van der Waals surface area contributed by atoms with E-state index >= 15 is 0 Å². The van der Waals surface area contributed by atoms with Crippen LogP contribution in [-0.4, -0.2) is 19.5 Å². The predicted octanol–water partition coefficient (Wildman–Crippen LogP) is 4.32. The number of carboxylic acid groups (broad SMARTS) is 1. The molecule has 0 fully saturated rings. The van der Waals surface area contributed by atoms with Crippen LogP contribution < -0.4 is 4.72 Å². The summed E-state index contributed by atoms with van der Waals surface area (Å²) in [7, 11) is -3.93. The summed E-state index contributed by atoms with van der Waals surface area (Å²) in [5.41, 5.74) is 0.107. The van der Waals surface area contributed by atoms with Gasteiger partial charge in [0.1, 0.15) is 9.09 Å². The van der Waals surface area contributed by atoms with E-state index in [1.807, 2.05) is 0 Å². The molecule has 0 aliphatic rings. The fourth-order valence-corrected chi connectivity index (χ4v) is 4.47. The summed E-state index contributed by atoms with van der Waals surface area (Å²) < 4.78 is 27.0. The van der Waals surface area contributed by atoms with Gasteiger partial charge in [0, 0.05) is 4.47 Å². The van der Waals surface area contributed by atoms with Gasteiger partial charge in [-0.1, -0.05) is 23.2 Å². The van der Waals surface area contributed by atoms with Crippen LogP contribution in [0.1, 0.15) is 9.67 Å². The maximum absolute atomic E-state index is 12.2. The lowest BCUT2D eigenvalue weighted by Gasteiger charge is -2.10. The molecule has 0 aliphatic heterocycles. The highest BCUT2D eigenvalue weighted by molar-refractivity contribution is 9.10. The number of sulfonamides is 1. The molecule has 5 nitrogen and oxygen atoms in total. The van der Waals surface area contributed by atoms with Crippen LogP contribution in [0.3, 0.4) is 0 Å². The topological polar surface area (TPSA) is 83.5 Å². The fraction of sp³-hybridized carbons (Fsp3) is 0. The third-order valence-electron chi connectivity index (χ3n) is 2.34. The van der Waals surface area contributed by atoms with Crippen molar-refractivity contribution in [2.24, 2.45) is 0 Å². The average molecular weight is 431 g/mol. The molecule has 21 heavy (non-hydrogen) atoms. The highest BCUT2D eigenvalue weighted by atomic mass is 79.9. The Morgan fingerprint density at radius 3 is 2.43 bits per heavy atom.